The molecule has 0 amide bonds. The standard InChI is InChI=1S/C14H11Cl3S/c1-18-13-5-3-2-4-11(13)14(17)10-7-6-9(15)8-12(10)16/h2-8,14H,1H3. The highest BCUT2D eigenvalue weighted by atomic mass is 35.5. The molecule has 0 nitrogen and oxygen atoms in total. The molecule has 2 aromatic carbocycles. The highest BCUT2D eigenvalue weighted by Gasteiger charge is 2.17. The molecule has 0 bridgehead atoms. The average molecular weight is 318 g/mol. The summed E-state index contributed by atoms with van der Waals surface area (Å²) in [4.78, 5) is 1.16. The molecule has 0 spiro atoms. The number of thioether (sulfide) groups is 1. The summed E-state index contributed by atoms with van der Waals surface area (Å²) >= 11 is 20.3. The lowest BCUT2D eigenvalue weighted by Crippen LogP contribution is -1.96. The van der Waals surface area contributed by atoms with E-state index in [-0.39, 0.29) is 5.38 Å². The minimum atomic E-state index is -0.265. The number of hydrogen-bond acceptors (Lipinski definition) is 1. The van der Waals surface area contributed by atoms with Gasteiger partial charge < -0.3 is 0 Å². The molecule has 0 N–H and O–H groups in total. The maximum atomic E-state index is 6.53. The van der Waals surface area contributed by atoms with Crippen molar-refractivity contribution >= 4 is 46.6 Å². The van der Waals surface area contributed by atoms with Crippen LogP contribution >= 0.6 is 46.6 Å². The van der Waals surface area contributed by atoms with Gasteiger partial charge in [0.15, 0.2) is 0 Å². The summed E-state index contributed by atoms with van der Waals surface area (Å²) in [5.74, 6) is 0. The van der Waals surface area contributed by atoms with Gasteiger partial charge in [0.05, 0.1) is 5.38 Å². The van der Waals surface area contributed by atoms with Crippen molar-refractivity contribution in [3.63, 3.8) is 0 Å². The van der Waals surface area contributed by atoms with Crippen LogP contribution in [0.5, 0.6) is 0 Å². The lowest BCUT2D eigenvalue weighted by Gasteiger charge is -2.15. The van der Waals surface area contributed by atoms with E-state index >= 15 is 0 Å². The molecule has 0 radical (unpaired) electrons. The van der Waals surface area contributed by atoms with Crippen LogP contribution in [0, 0.1) is 0 Å². The first-order chi connectivity index (χ1) is 8.63. The third kappa shape index (κ3) is 2.97. The SMILES string of the molecule is CSc1ccccc1C(Cl)c1ccc(Cl)cc1Cl. The summed E-state index contributed by atoms with van der Waals surface area (Å²) in [6.45, 7) is 0. The van der Waals surface area contributed by atoms with Crippen LogP contribution in [0.15, 0.2) is 47.4 Å². The van der Waals surface area contributed by atoms with Crippen LogP contribution in [0.3, 0.4) is 0 Å². The zero-order valence-corrected chi connectivity index (χ0v) is 12.7. The first kappa shape index (κ1) is 14.1. The summed E-state index contributed by atoms with van der Waals surface area (Å²) < 4.78 is 0. The fraction of sp³-hybridized carbons (Fsp3) is 0.143. The van der Waals surface area contributed by atoms with E-state index in [1.807, 2.05) is 30.5 Å². The van der Waals surface area contributed by atoms with Gasteiger partial charge in [0.2, 0.25) is 0 Å². The summed E-state index contributed by atoms with van der Waals surface area (Å²) in [6, 6.07) is 13.5. The van der Waals surface area contributed by atoms with Crippen LogP contribution in [0.2, 0.25) is 10.0 Å². The van der Waals surface area contributed by atoms with Crippen molar-refractivity contribution in [3.8, 4) is 0 Å². The van der Waals surface area contributed by atoms with Gasteiger partial charge in [0.25, 0.3) is 0 Å². The monoisotopic (exact) mass is 316 g/mol. The first-order valence-electron chi connectivity index (χ1n) is 5.35. The Hall–Kier alpha value is -0.340. The maximum Gasteiger partial charge on any atom is 0.0860 e. The van der Waals surface area contributed by atoms with Crippen LogP contribution in [0.4, 0.5) is 0 Å². The second kappa shape index (κ2) is 6.21. The zero-order chi connectivity index (χ0) is 13.1. The predicted octanol–water partition coefficient (Wildman–Crippen LogP) is 6.04. The van der Waals surface area contributed by atoms with Crippen molar-refractivity contribution in [1.29, 1.82) is 0 Å². The molecule has 2 aromatic rings. The molecule has 18 heavy (non-hydrogen) atoms. The van der Waals surface area contributed by atoms with Gasteiger partial charge in [0, 0.05) is 14.9 Å². The smallest absolute Gasteiger partial charge is 0.0860 e. The quantitative estimate of drug-likeness (QED) is 0.491. The molecule has 0 aliphatic rings. The van der Waals surface area contributed by atoms with Crippen LogP contribution in [0.25, 0.3) is 0 Å². The minimum Gasteiger partial charge on any atom is -0.129 e. The normalized spacial score (nSPS) is 12.4. The number of hydrogen-bond donors (Lipinski definition) is 0. The van der Waals surface area contributed by atoms with Gasteiger partial charge in [-0.25, -0.2) is 0 Å². The van der Waals surface area contributed by atoms with Crippen LogP contribution < -0.4 is 0 Å². The van der Waals surface area contributed by atoms with Gasteiger partial charge in [-0.1, -0.05) is 47.5 Å². The van der Waals surface area contributed by atoms with Gasteiger partial charge in [0.1, 0.15) is 0 Å². The third-order valence-corrected chi connectivity index (χ3v) is 4.49. The highest BCUT2D eigenvalue weighted by molar-refractivity contribution is 7.98. The van der Waals surface area contributed by atoms with Gasteiger partial charge >= 0.3 is 0 Å². The Labute approximate surface area is 126 Å². The molecule has 0 saturated carbocycles. The summed E-state index contributed by atoms with van der Waals surface area (Å²) in [5.41, 5.74) is 1.94. The summed E-state index contributed by atoms with van der Waals surface area (Å²) in [5, 5.41) is 0.947. The van der Waals surface area contributed by atoms with Crippen LogP contribution in [0.1, 0.15) is 16.5 Å². The first-order valence-corrected chi connectivity index (χ1v) is 7.77. The number of rotatable bonds is 3. The van der Waals surface area contributed by atoms with Crippen molar-refractivity contribution < 1.29 is 0 Å². The molecule has 0 heterocycles. The molecule has 1 unspecified atom stereocenters. The second-order valence-electron chi connectivity index (χ2n) is 3.77. The fourth-order valence-corrected chi connectivity index (χ4v) is 3.41. The van der Waals surface area contributed by atoms with E-state index in [1.54, 1.807) is 23.9 Å². The van der Waals surface area contributed by atoms with Gasteiger partial charge in [-0.2, -0.15) is 0 Å². The predicted molar refractivity (Wildman–Crippen MR) is 82.4 cm³/mol. The molecule has 0 aromatic heterocycles. The molecule has 1 atom stereocenters. The molecule has 94 valence electrons. The van der Waals surface area contributed by atoms with E-state index in [2.05, 4.69) is 6.07 Å². The van der Waals surface area contributed by atoms with Gasteiger partial charge in [-0.3, -0.25) is 0 Å². The fourth-order valence-electron chi connectivity index (χ4n) is 1.75. The van der Waals surface area contributed by atoms with E-state index < -0.39 is 0 Å². The Bertz CT molecular complexity index is 554. The Morgan fingerprint density at radius 3 is 2.39 bits per heavy atom. The van der Waals surface area contributed by atoms with Gasteiger partial charge in [-0.15, -0.1) is 23.4 Å². The van der Waals surface area contributed by atoms with Crippen molar-refractivity contribution in [2.75, 3.05) is 6.26 Å². The van der Waals surface area contributed by atoms with Crippen molar-refractivity contribution in [2.45, 2.75) is 10.3 Å². The molecule has 0 aliphatic carbocycles. The maximum absolute atomic E-state index is 6.53. The van der Waals surface area contributed by atoms with Crippen LogP contribution in [-0.2, 0) is 0 Å². The number of halogens is 3. The Morgan fingerprint density at radius 1 is 1.00 bits per heavy atom. The molecule has 0 aliphatic heterocycles. The van der Waals surface area contributed by atoms with E-state index in [1.165, 1.54) is 0 Å². The minimum absolute atomic E-state index is 0.265. The lowest BCUT2D eigenvalue weighted by atomic mass is 10.0. The van der Waals surface area contributed by atoms with E-state index in [4.69, 9.17) is 34.8 Å². The van der Waals surface area contributed by atoms with Crippen molar-refractivity contribution in [2.24, 2.45) is 0 Å². The van der Waals surface area contributed by atoms with E-state index in [0.29, 0.717) is 10.0 Å². The molecule has 4 heteroatoms. The lowest BCUT2D eigenvalue weighted by molar-refractivity contribution is 1.09. The largest absolute Gasteiger partial charge is 0.129 e. The van der Waals surface area contributed by atoms with E-state index in [0.717, 1.165) is 16.0 Å². The Balaban J connectivity index is 2.44. The molecule has 0 fully saturated rings. The number of alkyl halides is 1. The Morgan fingerprint density at radius 2 is 1.72 bits per heavy atom. The summed E-state index contributed by atoms with van der Waals surface area (Å²) in [6.07, 6.45) is 2.03. The highest BCUT2D eigenvalue weighted by Crippen LogP contribution is 2.38. The molecule has 2 rings (SSSR count). The van der Waals surface area contributed by atoms with Crippen molar-refractivity contribution in [3.05, 3.63) is 63.6 Å². The topological polar surface area (TPSA) is 0 Å². The molecular weight excluding hydrogens is 307 g/mol. The number of benzene rings is 2. The third-order valence-electron chi connectivity index (χ3n) is 2.65. The van der Waals surface area contributed by atoms with Crippen molar-refractivity contribution in [1.82, 2.24) is 0 Å². The van der Waals surface area contributed by atoms with Gasteiger partial charge in [-0.05, 0) is 35.6 Å². The summed E-state index contributed by atoms with van der Waals surface area (Å²) in [7, 11) is 0. The molecular formula is C14H11Cl3S. The average Bonchev–Trinajstić information content (AvgIpc) is 2.38. The zero-order valence-electron chi connectivity index (χ0n) is 9.66. The second-order valence-corrected chi connectivity index (χ2v) is 5.90. The van der Waals surface area contributed by atoms with E-state index in [9.17, 15) is 0 Å². The Kier molecular flexibility index (Phi) is 4.85. The molecule has 0 saturated heterocycles. The van der Waals surface area contributed by atoms with Crippen LogP contribution in [-0.4, -0.2) is 6.26 Å².